The SMILES string of the molecule is COc1cc(C(=O)N[C@@H]2CCc3ccc(-c4cn5c(n4)CCC5)cc32)cc(OCCCNC(=O)CCOCCOCCOCCC(=O)N[C@H](C(=O)N2C[C@H](O)C[C@H]2C(=O)NCc2ccc(-c3scnc3C)cc2)C(C)(C)C)c1C. The van der Waals surface area contributed by atoms with Crippen LogP contribution >= 0.6 is 11.3 Å². The van der Waals surface area contributed by atoms with Crippen molar-refractivity contribution in [2.24, 2.45) is 5.41 Å². The Balaban J connectivity index is 0.659. The molecule has 0 unspecified atom stereocenters. The number of imidazole rings is 1. The minimum Gasteiger partial charge on any atom is -0.496 e. The number of likely N-dealkylation sites (tertiary alicyclic amines) is 1. The van der Waals surface area contributed by atoms with Crippen molar-refractivity contribution in [2.75, 3.05) is 66.4 Å². The molecule has 3 aliphatic rings. The van der Waals surface area contributed by atoms with E-state index in [1.807, 2.05) is 64.4 Å². The Kier molecular flexibility index (Phi) is 20.3. The van der Waals surface area contributed by atoms with E-state index in [0.717, 1.165) is 82.1 Å². The third-order valence-corrected chi connectivity index (χ3v) is 15.6. The van der Waals surface area contributed by atoms with Crippen LogP contribution in [-0.4, -0.2) is 139 Å². The molecule has 3 aromatic carbocycles. The van der Waals surface area contributed by atoms with Crippen molar-refractivity contribution < 1.29 is 52.8 Å². The lowest BCUT2D eigenvalue weighted by molar-refractivity contribution is -0.144. The maximum atomic E-state index is 14.0. The molecule has 5 amide bonds. The Morgan fingerprint density at radius 3 is 2.25 bits per heavy atom. The number of aryl methyl sites for hydroxylation is 4. The number of methoxy groups -OCH3 is 1. The maximum Gasteiger partial charge on any atom is 0.252 e. The van der Waals surface area contributed by atoms with Gasteiger partial charge in [0, 0.05) is 74.7 Å². The third-order valence-electron chi connectivity index (χ3n) is 14.6. The van der Waals surface area contributed by atoms with Crippen molar-refractivity contribution in [2.45, 2.75) is 123 Å². The first-order valence-electron chi connectivity index (χ1n) is 27.4. The second-order valence-corrected chi connectivity index (χ2v) is 22.3. The molecule has 5 N–H and O–H groups in total. The molecule has 1 aliphatic carbocycles. The summed E-state index contributed by atoms with van der Waals surface area (Å²) in [7, 11) is 1.57. The Hall–Kier alpha value is -6.71. The van der Waals surface area contributed by atoms with E-state index >= 15 is 0 Å². The van der Waals surface area contributed by atoms with Gasteiger partial charge in [0.1, 0.15) is 29.4 Å². The maximum absolute atomic E-state index is 14.0. The zero-order chi connectivity index (χ0) is 56.1. The number of carbonyl (C=O) groups is 5. The van der Waals surface area contributed by atoms with E-state index in [1.54, 1.807) is 30.6 Å². The summed E-state index contributed by atoms with van der Waals surface area (Å²) in [4.78, 5) is 78.3. The summed E-state index contributed by atoms with van der Waals surface area (Å²) >= 11 is 1.57. The zero-order valence-corrected chi connectivity index (χ0v) is 47.1. The Labute approximate surface area is 466 Å². The molecule has 4 atom stereocenters. The van der Waals surface area contributed by atoms with E-state index < -0.39 is 29.5 Å². The van der Waals surface area contributed by atoms with Crippen molar-refractivity contribution in [3.05, 3.63) is 106 Å². The van der Waals surface area contributed by atoms with E-state index in [2.05, 4.69) is 55.2 Å². The van der Waals surface area contributed by atoms with Gasteiger partial charge in [-0.3, -0.25) is 24.0 Å². The first kappa shape index (κ1) is 58.4. The van der Waals surface area contributed by atoms with Gasteiger partial charge in [-0.2, -0.15) is 0 Å². The summed E-state index contributed by atoms with van der Waals surface area (Å²) in [5.41, 5.74) is 9.61. The number of hydrogen-bond acceptors (Lipinski definition) is 14. The molecule has 19 nitrogen and oxygen atoms in total. The topological polar surface area (TPSA) is 234 Å². The number of aliphatic hydroxyl groups excluding tert-OH is 1. The average Bonchev–Trinajstić information content (AvgIpc) is 4.37. The lowest BCUT2D eigenvalue weighted by atomic mass is 9.85. The van der Waals surface area contributed by atoms with Gasteiger partial charge in [0.05, 0.1) is 87.3 Å². The molecular weight excluding hydrogens is 1030 g/mol. The number of thiazole rings is 1. The number of nitrogens with one attached hydrogen (secondary N) is 4. The number of amides is 5. The minimum absolute atomic E-state index is 0.00244. The highest BCUT2D eigenvalue weighted by Crippen LogP contribution is 2.37. The van der Waals surface area contributed by atoms with Crippen LogP contribution in [0.2, 0.25) is 0 Å². The summed E-state index contributed by atoms with van der Waals surface area (Å²) in [6.07, 6.45) is 5.91. The van der Waals surface area contributed by atoms with Crippen molar-refractivity contribution in [3.8, 4) is 33.2 Å². The van der Waals surface area contributed by atoms with Gasteiger partial charge in [0.15, 0.2) is 0 Å². The van der Waals surface area contributed by atoms with Crippen LogP contribution in [0.3, 0.4) is 0 Å². The number of benzene rings is 3. The average molecular weight is 1110 g/mol. The van der Waals surface area contributed by atoms with E-state index in [4.69, 9.17) is 28.7 Å². The fraction of sp³-hybridized carbons (Fsp3) is 0.508. The standard InChI is InChI=1S/C59H76N8O11S/c1-37-49(74-6)30-43(56(71)64-46-17-16-40-14-15-42(29-45(40)46)47-35-66-21-7-9-51(66)63-47)31-50(37)78-22-8-20-60-52(69)18-23-75-25-27-77-28-26-76-24-19-53(70)65-55(59(3,4)5)58(73)67-34-44(68)32-48(67)57(72)61-33-39-10-12-41(13-11-39)54-38(2)62-36-79-54/h10-15,29-31,35-36,44,46,48,55,68H,7-9,16-28,32-34H2,1-6H3,(H,60,69)(H,61,72)(H,64,71)(H,65,70)/t44-,46-,48+,55-/m1/s1. The number of β-amino-alcohol motifs (C(OH)–C–C–N with tert-alkyl or cyclic N) is 1. The van der Waals surface area contributed by atoms with E-state index in [9.17, 15) is 29.1 Å². The predicted molar refractivity (Wildman–Crippen MR) is 299 cm³/mol. The summed E-state index contributed by atoms with van der Waals surface area (Å²) in [5.74, 6) is 0.666. The van der Waals surface area contributed by atoms with E-state index in [0.29, 0.717) is 43.2 Å². The summed E-state index contributed by atoms with van der Waals surface area (Å²) in [6, 6.07) is 15.8. The quantitative estimate of drug-likeness (QED) is 0.0370. The molecule has 2 aromatic heterocycles. The number of hydrogen-bond donors (Lipinski definition) is 5. The molecule has 0 radical (unpaired) electrons. The molecule has 1 saturated heterocycles. The van der Waals surface area contributed by atoms with Crippen LogP contribution in [0.1, 0.15) is 109 Å². The highest BCUT2D eigenvalue weighted by Gasteiger charge is 2.44. The second-order valence-electron chi connectivity index (χ2n) is 21.5. The Morgan fingerprint density at radius 2 is 1.56 bits per heavy atom. The van der Waals surface area contributed by atoms with Gasteiger partial charge < -0.3 is 59.5 Å². The van der Waals surface area contributed by atoms with Crippen molar-refractivity contribution in [1.82, 2.24) is 40.7 Å². The van der Waals surface area contributed by atoms with Crippen molar-refractivity contribution >= 4 is 40.9 Å². The van der Waals surface area contributed by atoms with Gasteiger partial charge in [0.2, 0.25) is 23.6 Å². The molecule has 424 valence electrons. The number of fused-ring (bicyclic) bond motifs is 2. The molecule has 20 heteroatoms. The normalized spacial score (nSPS) is 17.0. The smallest absolute Gasteiger partial charge is 0.252 e. The number of rotatable bonds is 27. The molecule has 8 rings (SSSR count). The Morgan fingerprint density at radius 1 is 0.848 bits per heavy atom. The fourth-order valence-electron chi connectivity index (χ4n) is 10.2. The first-order chi connectivity index (χ1) is 38.1. The highest BCUT2D eigenvalue weighted by atomic mass is 32.1. The van der Waals surface area contributed by atoms with E-state index in [1.165, 1.54) is 10.5 Å². The van der Waals surface area contributed by atoms with Crippen LogP contribution in [-0.2, 0) is 59.3 Å². The molecule has 0 saturated carbocycles. The number of carbonyl (C=O) groups excluding carboxylic acids is 5. The first-order valence-corrected chi connectivity index (χ1v) is 28.3. The molecule has 2 aliphatic heterocycles. The van der Waals surface area contributed by atoms with Crippen molar-refractivity contribution in [3.63, 3.8) is 0 Å². The van der Waals surface area contributed by atoms with Crippen LogP contribution in [0.5, 0.6) is 11.5 Å². The minimum atomic E-state index is -0.948. The highest BCUT2D eigenvalue weighted by molar-refractivity contribution is 7.13. The van der Waals surface area contributed by atoms with Gasteiger partial charge in [-0.05, 0) is 85.4 Å². The van der Waals surface area contributed by atoms with Crippen LogP contribution in [0.25, 0.3) is 21.7 Å². The number of ether oxygens (including phenoxy) is 5. The summed E-state index contributed by atoms with van der Waals surface area (Å²) < 4.78 is 30.7. The number of nitrogens with zero attached hydrogens (tertiary/aromatic N) is 4. The van der Waals surface area contributed by atoms with Gasteiger partial charge in [-0.25, -0.2) is 9.97 Å². The van der Waals surface area contributed by atoms with E-state index in [-0.39, 0.29) is 95.1 Å². The monoisotopic (exact) mass is 1100 g/mol. The van der Waals surface area contributed by atoms with Crippen LogP contribution in [0, 0.1) is 19.3 Å². The summed E-state index contributed by atoms with van der Waals surface area (Å²) in [5, 5.41) is 22.5. The van der Waals surface area contributed by atoms with Crippen LogP contribution in [0.15, 0.2) is 66.3 Å². The van der Waals surface area contributed by atoms with Crippen LogP contribution in [0.4, 0.5) is 0 Å². The van der Waals surface area contributed by atoms with Gasteiger partial charge in [0.25, 0.3) is 5.91 Å². The largest absolute Gasteiger partial charge is 0.496 e. The van der Waals surface area contributed by atoms with Gasteiger partial charge >= 0.3 is 0 Å². The lowest BCUT2D eigenvalue weighted by Crippen LogP contribution is -2.57. The molecule has 0 bridgehead atoms. The van der Waals surface area contributed by atoms with Gasteiger partial charge in [-0.1, -0.05) is 57.2 Å². The van der Waals surface area contributed by atoms with Gasteiger partial charge in [-0.15, -0.1) is 11.3 Å². The number of aliphatic hydroxyl groups is 1. The lowest BCUT2D eigenvalue weighted by Gasteiger charge is -2.35. The fourth-order valence-corrected chi connectivity index (χ4v) is 11.0. The predicted octanol–water partition coefficient (Wildman–Crippen LogP) is 6.19. The molecule has 79 heavy (non-hydrogen) atoms. The zero-order valence-electron chi connectivity index (χ0n) is 46.3. The summed E-state index contributed by atoms with van der Waals surface area (Å²) in [6.45, 7) is 12.7. The third kappa shape index (κ3) is 15.6. The molecule has 5 aromatic rings. The molecule has 0 spiro atoms. The van der Waals surface area contributed by atoms with Crippen molar-refractivity contribution in [1.29, 1.82) is 0 Å². The molecule has 1 fully saturated rings. The Bertz CT molecular complexity index is 2900. The molecule has 4 heterocycles. The second kappa shape index (κ2) is 27.4. The molecular formula is C59H76N8O11S. The number of aromatic nitrogens is 3. The van der Waals surface area contributed by atoms with Crippen LogP contribution < -0.4 is 30.7 Å².